The Labute approximate surface area is 158 Å². The van der Waals surface area contributed by atoms with E-state index < -0.39 is 0 Å². The Kier molecular flexibility index (Phi) is 4.11. The smallest absolute Gasteiger partial charge is 0.0460 e. The lowest BCUT2D eigenvalue weighted by molar-refractivity contribution is 0.589. The number of benzene rings is 2. The zero-order chi connectivity index (χ0) is 18.1. The van der Waals surface area contributed by atoms with Gasteiger partial charge >= 0.3 is 0 Å². The number of rotatable bonds is 3. The fourth-order valence-electron chi connectivity index (χ4n) is 3.86. The average Bonchev–Trinajstić information content (AvgIpc) is 3.18. The molecule has 0 atom stereocenters. The zero-order valence-electron chi connectivity index (χ0n) is 15.2. The van der Waals surface area contributed by atoms with Crippen LogP contribution >= 0.6 is 0 Å². The molecular formula is C23H22N4. The van der Waals surface area contributed by atoms with Gasteiger partial charge in [-0.25, -0.2) is 0 Å². The Bertz CT molecular complexity index is 1040. The number of nitrogens with zero attached hydrogens (tertiary/aromatic N) is 2. The lowest BCUT2D eigenvalue weighted by Gasteiger charge is -2.29. The van der Waals surface area contributed by atoms with E-state index in [1.807, 2.05) is 12.4 Å². The van der Waals surface area contributed by atoms with E-state index in [1.165, 1.54) is 33.3 Å². The lowest BCUT2D eigenvalue weighted by atomic mass is 10.00. The van der Waals surface area contributed by atoms with E-state index in [-0.39, 0.29) is 0 Å². The van der Waals surface area contributed by atoms with Gasteiger partial charge in [0, 0.05) is 66.9 Å². The van der Waals surface area contributed by atoms with Crippen molar-refractivity contribution in [1.82, 2.24) is 15.3 Å². The predicted molar refractivity (Wildman–Crippen MR) is 112 cm³/mol. The largest absolute Gasteiger partial charge is 0.369 e. The Morgan fingerprint density at radius 3 is 2.30 bits per heavy atom. The van der Waals surface area contributed by atoms with Crippen LogP contribution < -0.4 is 10.2 Å². The van der Waals surface area contributed by atoms with Gasteiger partial charge in [-0.3, -0.25) is 4.98 Å². The molecule has 1 aliphatic heterocycles. The number of hydrogen-bond acceptors (Lipinski definition) is 3. The van der Waals surface area contributed by atoms with E-state index in [0.717, 1.165) is 31.7 Å². The Morgan fingerprint density at radius 1 is 0.778 bits per heavy atom. The van der Waals surface area contributed by atoms with Crippen molar-refractivity contribution >= 4 is 16.6 Å². The molecule has 4 heteroatoms. The van der Waals surface area contributed by atoms with Crippen molar-refractivity contribution in [3.8, 4) is 22.3 Å². The maximum atomic E-state index is 4.12. The molecule has 5 rings (SSSR count). The van der Waals surface area contributed by atoms with Gasteiger partial charge in [-0.05, 0) is 53.1 Å². The summed E-state index contributed by atoms with van der Waals surface area (Å²) in [5, 5.41) is 4.66. The number of pyridine rings is 1. The highest BCUT2D eigenvalue weighted by atomic mass is 15.2. The van der Waals surface area contributed by atoms with Gasteiger partial charge in [0.25, 0.3) is 0 Å². The number of anilines is 1. The second-order valence-corrected chi connectivity index (χ2v) is 6.98. The van der Waals surface area contributed by atoms with E-state index in [2.05, 4.69) is 81.0 Å². The number of H-pyrrole nitrogens is 1. The molecule has 0 saturated carbocycles. The minimum absolute atomic E-state index is 1.06. The van der Waals surface area contributed by atoms with Crippen LogP contribution in [0.15, 0.2) is 73.2 Å². The van der Waals surface area contributed by atoms with Crippen molar-refractivity contribution in [3.63, 3.8) is 0 Å². The molecule has 3 heterocycles. The normalized spacial score (nSPS) is 14.6. The standard InChI is InChI=1S/C23H22N4/c1-4-20(27-13-11-25-12-14-27)5-2-18(1)22-16-26-23-6-3-19(15-21(22)23)17-7-9-24-10-8-17/h1-10,15-16,25-26H,11-14H2. The summed E-state index contributed by atoms with van der Waals surface area (Å²) >= 11 is 0. The first-order valence-electron chi connectivity index (χ1n) is 9.46. The molecule has 2 aromatic heterocycles. The maximum absolute atomic E-state index is 4.12. The van der Waals surface area contributed by atoms with Gasteiger partial charge in [-0.15, -0.1) is 0 Å². The molecule has 4 aromatic rings. The lowest BCUT2D eigenvalue weighted by Crippen LogP contribution is -2.43. The van der Waals surface area contributed by atoms with E-state index in [1.54, 1.807) is 0 Å². The number of nitrogens with one attached hydrogen (secondary N) is 2. The van der Waals surface area contributed by atoms with Crippen LogP contribution in [0.3, 0.4) is 0 Å². The highest BCUT2D eigenvalue weighted by molar-refractivity contribution is 5.98. The van der Waals surface area contributed by atoms with Gasteiger partial charge in [-0.2, -0.15) is 0 Å². The first-order chi connectivity index (χ1) is 13.4. The second kappa shape index (κ2) is 6.89. The fraction of sp³-hybridized carbons (Fsp3) is 0.174. The van der Waals surface area contributed by atoms with Crippen molar-refractivity contribution in [2.45, 2.75) is 0 Å². The quantitative estimate of drug-likeness (QED) is 0.576. The van der Waals surface area contributed by atoms with Crippen LogP contribution in [-0.4, -0.2) is 36.1 Å². The number of aromatic amines is 1. The molecule has 27 heavy (non-hydrogen) atoms. The van der Waals surface area contributed by atoms with Gasteiger partial charge in [0.1, 0.15) is 0 Å². The summed E-state index contributed by atoms with van der Waals surface area (Å²) in [5.41, 5.74) is 7.35. The van der Waals surface area contributed by atoms with Gasteiger partial charge in [0.15, 0.2) is 0 Å². The maximum Gasteiger partial charge on any atom is 0.0460 e. The van der Waals surface area contributed by atoms with Crippen LogP contribution in [0.25, 0.3) is 33.2 Å². The monoisotopic (exact) mass is 354 g/mol. The third-order valence-electron chi connectivity index (χ3n) is 5.36. The van der Waals surface area contributed by atoms with Crippen molar-refractivity contribution in [2.24, 2.45) is 0 Å². The molecule has 0 radical (unpaired) electrons. The topological polar surface area (TPSA) is 44.0 Å². The highest BCUT2D eigenvalue weighted by Gasteiger charge is 2.12. The molecule has 134 valence electrons. The molecule has 0 spiro atoms. The average molecular weight is 354 g/mol. The number of aromatic nitrogens is 2. The van der Waals surface area contributed by atoms with Crippen LogP contribution in [0.4, 0.5) is 5.69 Å². The molecular weight excluding hydrogens is 332 g/mol. The Morgan fingerprint density at radius 2 is 1.52 bits per heavy atom. The molecule has 0 bridgehead atoms. The second-order valence-electron chi connectivity index (χ2n) is 6.98. The molecule has 0 unspecified atom stereocenters. The molecule has 4 nitrogen and oxygen atoms in total. The van der Waals surface area contributed by atoms with Crippen LogP contribution in [0.2, 0.25) is 0 Å². The molecule has 1 saturated heterocycles. The van der Waals surface area contributed by atoms with Crippen LogP contribution in [0.5, 0.6) is 0 Å². The van der Waals surface area contributed by atoms with Gasteiger partial charge < -0.3 is 15.2 Å². The number of piperazine rings is 1. The van der Waals surface area contributed by atoms with Gasteiger partial charge in [0.05, 0.1) is 0 Å². The summed E-state index contributed by atoms with van der Waals surface area (Å²) in [7, 11) is 0. The first kappa shape index (κ1) is 16.1. The summed E-state index contributed by atoms with van der Waals surface area (Å²) in [6, 6.07) is 19.6. The van der Waals surface area contributed by atoms with Crippen molar-refractivity contribution in [2.75, 3.05) is 31.1 Å². The van der Waals surface area contributed by atoms with E-state index >= 15 is 0 Å². The van der Waals surface area contributed by atoms with E-state index in [0.29, 0.717) is 0 Å². The summed E-state index contributed by atoms with van der Waals surface area (Å²) in [6.07, 6.45) is 5.79. The van der Waals surface area contributed by atoms with Crippen LogP contribution in [0, 0.1) is 0 Å². The molecule has 2 aromatic carbocycles. The Hall–Kier alpha value is -3.11. The summed E-state index contributed by atoms with van der Waals surface area (Å²) in [4.78, 5) is 9.97. The third-order valence-corrected chi connectivity index (χ3v) is 5.36. The summed E-state index contributed by atoms with van der Waals surface area (Å²) in [5.74, 6) is 0. The molecule has 0 aliphatic carbocycles. The minimum Gasteiger partial charge on any atom is -0.369 e. The first-order valence-corrected chi connectivity index (χ1v) is 9.46. The zero-order valence-corrected chi connectivity index (χ0v) is 15.2. The fourth-order valence-corrected chi connectivity index (χ4v) is 3.86. The van der Waals surface area contributed by atoms with Crippen LogP contribution in [0.1, 0.15) is 0 Å². The van der Waals surface area contributed by atoms with E-state index in [9.17, 15) is 0 Å². The van der Waals surface area contributed by atoms with Crippen LogP contribution in [-0.2, 0) is 0 Å². The van der Waals surface area contributed by atoms with Crippen molar-refractivity contribution in [1.29, 1.82) is 0 Å². The SMILES string of the molecule is c1cc(-c2ccc3[nH]cc(-c4ccc(N5CCNCC5)cc4)c3c2)ccn1. The van der Waals surface area contributed by atoms with Crippen molar-refractivity contribution < 1.29 is 0 Å². The van der Waals surface area contributed by atoms with Crippen molar-refractivity contribution in [3.05, 3.63) is 73.2 Å². The number of hydrogen-bond donors (Lipinski definition) is 2. The molecule has 0 amide bonds. The predicted octanol–water partition coefficient (Wildman–Crippen LogP) is 4.31. The third kappa shape index (κ3) is 3.09. The minimum atomic E-state index is 1.06. The summed E-state index contributed by atoms with van der Waals surface area (Å²) < 4.78 is 0. The van der Waals surface area contributed by atoms with Gasteiger partial charge in [0.2, 0.25) is 0 Å². The van der Waals surface area contributed by atoms with E-state index in [4.69, 9.17) is 0 Å². The molecule has 1 fully saturated rings. The number of fused-ring (bicyclic) bond motifs is 1. The summed E-state index contributed by atoms with van der Waals surface area (Å²) in [6.45, 7) is 4.26. The van der Waals surface area contributed by atoms with Gasteiger partial charge in [-0.1, -0.05) is 18.2 Å². The molecule has 2 N–H and O–H groups in total. The highest BCUT2D eigenvalue weighted by Crippen LogP contribution is 2.33. The Balaban J connectivity index is 1.51. The molecule has 1 aliphatic rings.